The standard InChI is InChI=1S/C21H13ClN2O/c22-18-7-3-9-20(25-15-5-1-4-14(12-15)13-23)21(18)17-6-2-8-19-16(17)10-11-24-19/h1-12,24H. The molecule has 0 aliphatic carbocycles. The number of nitrogens with zero attached hydrogens (tertiary/aromatic N) is 1. The van der Waals surface area contributed by atoms with Crippen molar-refractivity contribution in [1.82, 2.24) is 4.98 Å². The molecular weight excluding hydrogens is 332 g/mol. The number of aromatic nitrogens is 1. The van der Waals surface area contributed by atoms with E-state index in [1.54, 1.807) is 18.2 Å². The van der Waals surface area contributed by atoms with E-state index in [1.807, 2.05) is 54.7 Å². The van der Waals surface area contributed by atoms with Crippen LogP contribution in [0.25, 0.3) is 22.0 Å². The number of halogens is 1. The third kappa shape index (κ3) is 2.84. The summed E-state index contributed by atoms with van der Waals surface area (Å²) in [4.78, 5) is 3.21. The van der Waals surface area contributed by atoms with Gasteiger partial charge >= 0.3 is 0 Å². The number of ether oxygens (including phenoxy) is 1. The average molecular weight is 345 g/mol. The molecule has 4 heteroatoms. The summed E-state index contributed by atoms with van der Waals surface area (Å²) < 4.78 is 6.07. The Hall–Kier alpha value is -3.22. The molecular formula is C21H13ClN2O. The van der Waals surface area contributed by atoms with Gasteiger partial charge in [0.05, 0.1) is 16.7 Å². The van der Waals surface area contributed by atoms with Gasteiger partial charge in [-0.25, -0.2) is 0 Å². The number of nitrogens with one attached hydrogen (secondary N) is 1. The zero-order chi connectivity index (χ0) is 17.2. The second-order valence-electron chi connectivity index (χ2n) is 5.60. The maximum absolute atomic E-state index is 9.07. The summed E-state index contributed by atoms with van der Waals surface area (Å²) in [6, 6.07) is 22.8. The molecule has 4 rings (SSSR count). The Kier molecular flexibility index (Phi) is 3.89. The topological polar surface area (TPSA) is 48.8 Å². The molecule has 0 fully saturated rings. The van der Waals surface area contributed by atoms with Crippen molar-refractivity contribution in [3.63, 3.8) is 0 Å². The van der Waals surface area contributed by atoms with Gasteiger partial charge in [0.1, 0.15) is 11.5 Å². The number of hydrogen-bond acceptors (Lipinski definition) is 2. The zero-order valence-electron chi connectivity index (χ0n) is 13.2. The highest BCUT2D eigenvalue weighted by Gasteiger charge is 2.15. The van der Waals surface area contributed by atoms with Crippen LogP contribution in [0.2, 0.25) is 5.02 Å². The normalized spacial score (nSPS) is 10.6. The molecule has 4 aromatic rings. The lowest BCUT2D eigenvalue weighted by atomic mass is 10.0. The second kappa shape index (κ2) is 6.35. The molecule has 1 heterocycles. The number of H-pyrrole nitrogens is 1. The molecule has 25 heavy (non-hydrogen) atoms. The van der Waals surface area contributed by atoms with Crippen molar-refractivity contribution in [3.8, 4) is 28.7 Å². The van der Waals surface area contributed by atoms with Crippen LogP contribution in [0.3, 0.4) is 0 Å². The monoisotopic (exact) mass is 344 g/mol. The minimum absolute atomic E-state index is 0.550. The summed E-state index contributed by atoms with van der Waals surface area (Å²) in [6.45, 7) is 0. The minimum Gasteiger partial charge on any atom is -0.457 e. The number of nitriles is 1. The average Bonchev–Trinajstić information content (AvgIpc) is 3.11. The fourth-order valence-electron chi connectivity index (χ4n) is 2.91. The number of fused-ring (bicyclic) bond motifs is 1. The smallest absolute Gasteiger partial charge is 0.136 e. The van der Waals surface area contributed by atoms with E-state index in [9.17, 15) is 0 Å². The van der Waals surface area contributed by atoms with E-state index in [4.69, 9.17) is 21.6 Å². The largest absolute Gasteiger partial charge is 0.457 e. The second-order valence-corrected chi connectivity index (χ2v) is 6.01. The molecule has 0 saturated carbocycles. The predicted molar refractivity (Wildman–Crippen MR) is 100.0 cm³/mol. The van der Waals surface area contributed by atoms with Crippen molar-refractivity contribution < 1.29 is 4.74 Å². The molecule has 120 valence electrons. The van der Waals surface area contributed by atoms with Crippen LogP contribution in [0.1, 0.15) is 5.56 Å². The summed E-state index contributed by atoms with van der Waals surface area (Å²) in [5.74, 6) is 1.25. The van der Waals surface area contributed by atoms with Crippen LogP contribution in [0.4, 0.5) is 0 Å². The summed E-state index contributed by atoms with van der Waals surface area (Å²) in [5, 5.41) is 10.8. The van der Waals surface area contributed by atoms with Crippen molar-refractivity contribution in [2.45, 2.75) is 0 Å². The van der Waals surface area contributed by atoms with Gasteiger partial charge in [0, 0.05) is 22.7 Å². The number of hydrogen-bond donors (Lipinski definition) is 1. The van der Waals surface area contributed by atoms with Gasteiger partial charge in [-0.3, -0.25) is 0 Å². The van der Waals surface area contributed by atoms with Crippen LogP contribution in [0, 0.1) is 11.3 Å². The zero-order valence-corrected chi connectivity index (χ0v) is 13.9. The first kappa shape index (κ1) is 15.3. The molecule has 0 aliphatic rings. The summed E-state index contributed by atoms with van der Waals surface area (Å²) in [7, 11) is 0. The maximum atomic E-state index is 9.07. The van der Waals surface area contributed by atoms with Crippen LogP contribution in [-0.2, 0) is 0 Å². The SMILES string of the molecule is N#Cc1cccc(Oc2cccc(Cl)c2-c2cccc3[nH]ccc23)c1. The molecule has 0 aliphatic heterocycles. The van der Waals surface area contributed by atoms with Gasteiger partial charge in [-0.1, -0.05) is 35.9 Å². The lowest BCUT2D eigenvalue weighted by Gasteiger charge is -2.14. The van der Waals surface area contributed by atoms with Crippen LogP contribution in [-0.4, -0.2) is 4.98 Å². The van der Waals surface area contributed by atoms with E-state index in [2.05, 4.69) is 11.1 Å². The fraction of sp³-hybridized carbons (Fsp3) is 0. The Bertz CT molecular complexity index is 1110. The highest BCUT2D eigenvalue weighted by molar-refractivity contribution is 6.34. The van der Waals surface area contributed by atoms with Crippen molar-refractivity contribution in [1.29, 1.82) is 5.26 Å². The Morgan fingerprint density at radius 2 is 1.80 bits per heavy atom. The Morgan fingerprint density at radius 1 is 0.960 bits per heavy atom. The molecule has 0 atom stereocenters. The third-order valence-corrected chi connectivity index (χ3v) is 4.35. The molecule has 3 aromatic carbocycles. The van der Waals surface area contributed by atoms with Gasteiger partial charge in [0.25, 0.3) is 0 Å². The Labute approximate surface area is 150 Å². The van der Waals surface area contributed by atoms with Crippen molar-refractivity contribution >= 4 is 22.5 Å². The summed E-state index contributed by atoms with van der Waals surface area (Å²) >= 11 is 6.51. The highest BCUT2D eigenvalue weighted by atomic mass is 35.5. The first-order chi connectivity index (χ1) is 12.3. The summed E-state index contributed by atoms with van der Waals surface area (Å²) in [6.07, 6.45) is 1.90. The van der Waals surface area contributed by atoms with E-state index in [1.165, 1.54) is 0 Å². The van der Waals surface area contributed by atoms with Gasteiger partial charge in [-0.05, 0) is 48.0 Å². The van der Waals surface area contributed by atoms with Crippen LogP contribution in [0.5, 0.6) is 11.5 Å². The lowest BCUT2D eigenvalue weighted by molar-refractivity contribution is 0.484. The van der Waals surface area contributed by atoms with Crippen molar-refractivity contribution in [3.05, 3.63) is 83.5 Å². The van der Waals surface area contributed by atoms with E-state index < -0.39 is 0 Å². The Balaban J connectivity index is 1.86. The molecule has 1 aromatic heterocycles. The summed E-state index contributed by atoms with van der Waals surface area (Å²) in [5.41, 5.74) is 3.41. The quantitative estimate of drug-likeness (QED) is 0.484. The van der Waals surface area contributed by atoms with Crippen molar-refractivity contribution in [2.75, 3.05) is 0 Å². The molecule has 0 radical (unpaired) electrons. The highest BCUT2D eigenvalue weighted by Crippen LogP contribution is 2.41. The third-order valence-electron chi connectivity index (χ3n) is 4.03. The number of rotatable bonds is 3. The van der Waals surface area contributed by atoms with Gasteiger partial charge in [-0.2, -0.15) is 5.26 Å². The lowest BCUT2D eigenvalue weighted by Crippen LogP contribution is -1.90. The van der Waals surface area contributed by atoms with E-state index >= 15 is 0 Å². The van der Waals surface area contributed by atoms with Gasteiger partial charge in [0.2, 0.25) is 0 Å². The molecule has 0 unspecified atom stereocenters. The van der Waals surface area contributed by atoms with E-state index in [0.717, 1.165) is 22.0 Å². The van der Waals surface area contributed by atoms with Crippen molar-refractivity contribution in [2.24, 2.45) is 0 Å². The molecule has 0 bridgehead atoms. The fourth-order valence-corrected chi connectivity index (χ4v) is 3.18. The first-order valence-electron chi connectivity index (χ1n) is 7.79. The molecule has 3 nitrogen and oxygen atoms in total. The number of benzene rings is 3. The van der Waals surface area contributed by atoms with Crippen LogP contribution >= 0.6 is 11.6 Å². The van der Waals surface area contributed by atoms with Gasteiger partial charge < -0.3 is 9.72 Å². The molecule has 0 spiro atoms. The molecule has 0 saturated heterocycles. The predicted octanol–water partition coefficient (Wildman–Crippen LogP) is 6.15. The molecule has 1 N–H and O–H groups in total. The first-order valence-corrected chi connectivity index (χ1v) is 8.17. The van der Waals surface area contributed by atoms with E-state index in [0.29, 0.717) is 22.1 Å². The van der Waals surface area contributed by atoms with E-state index in [-0.39, 0.29) is 0 Å². The maximum Gasteiger partial charge on any atom is 0.136 e. The minimum atomic E-state index is 0.550. The Morgan fingerprint density at radius 3 is 2.68 bits per heavy atom. The molecule has 0 amide bonds. The van der Waals surface area contributed by atoms with Gasteiger partial charge in [-0.15, -0.1) is 0 Å². The van der Waals surface area contributed by atoms with Crippen LogP contribution < -0.4 is 4.74 Å². The van der Waals surface area contributed by atoms with Crippen LogP contribution in [0.15, 0.2) is 72.9 Å². The number of aromatic amines is 1. The van der Waals surface area contributed by atoms with Gasteiger partial charge in [0.15, 0.2) is 0 Å².